The van der Waals surface area contributed by atoms with Gasteiger partial charge >= 0.3 is 0 Å². The predicted molar refractivity (Wildman–Crippen MR) is 79.1 cm³/mol. The summed E-state index contributed by atoms with van der Waals surface area (Å²) in [5.74, 6) is 0. The maximum Gasteiger partial charge on any atom is 0.261 e. The zero-order valence-electron chi connectivity index (χ0n) is 10.0. The second-order valence-corrected chi connectivity index (χ2v) is 6.51. The largest absolute Gasteiger partial charge is 0.298 e. The predicted octanol–water partition coefficient (Wildman–Crippen LogP) is 3.61. The highest BCUT2D eigenvalue weighted by Gasteiger charge is 2.15. The van der Waals surface area contributed by atoms with E-state index in [1.165, 1.54) is 42.5 Å². The fourth-order valence-electron chi connectivity index (χ4n) is 1.53. The van der Waals surface area contributed by atoms with Gasteiger partial charge in [0.1, 0.15) is 6.29 Å². The second-order valence-electron chi connectivity index (χ2n) is 3.95. The zero-order chi connectivity index (χ0) is 14.8. The summed E-state index contributed by atoms with van der Waals surface area (Å²) in [4.78, 5) is 10.5. The molecular weight excluding hydrogens is 321 g/mol. The van der Waals surface area contributed by atoms with Crippen LogP contribution in [0.1, 0.15) is 10.4 Å². The first-order valence-corrected chi connectivity index (χ1v) is 7.69. The molecule has 0 saturated heterocycles. The summed E-state index contributed by atoms with van der Waals surface area (Å²) in [6.07, 6.45) is 0.676. The molecule has 0 aliphatic rings. The molecule has 0 atom stereocenters. The van der Waals surface area contributed by atoms with Gasteiger partial charge in [-0.25, -0.2) is 8.42 Å². The van der Waals surface area contributed by atoms with Crippen LogP contribution in [0, 0.1) is 0 Å². The third kappa shape index (κ3) is 3.50. The molecule has 20 heavy (non-hydrogen) atoms. The van der Waals surface area contributed by atoms with Crippen molar-refractivity contribution in [1.82, 2.24) is 0 Å². The van der Waals surface area contributed by atoms with Gasteiger partial charge in [0.25, 0.3) is 10.0 Å². The number of sulfonamides is 1. The molecule has 2 aromatic carbocycles. The lowest BCUT2D eigenvalue weighted by Gasteiger charge is -2.09. The molecule has 0 unspecified atom stereocenters. The summed E-state index contributed by atoms with van der Waals surface area (Å²) in [6.45, 7) is 0. The fraction of sp³-hybridized carbons (Fsp3) is 0. The van der Waals surface area contributed by atoms with Crippen molar-refractivity contribution >= 4 is 45.2 Å². The van der Waals surface area contributed by atoms with Crippen LogP contribution in [0.2, 0.25) is 10.0 Å². The molecule has 0 bridgehead atoms. The van der Waals surface area contributed by atoms with Gasteiger partial charge in [0.15, 0.2) is 0 Å². The number of nitrogens with one attached hydrogen (secondary N) is 1. The number of hydrogen-bond donors (Lipinski definition) is 1. The Bertz CT molecular complexity index is 722. The maximum absolute atomic E-state index is 12.2. The van der Waals surface area contributed by atoms with E-state index in [0.29, 0.717) is 17.5 Å². The summed E-state index contributed by atoms with van der Waals surface area (Å²) in [5.41, 5.74) is 0.797. The Balaban J connectivity index is 2.32. The van der Waals surface area contributed by atoms with E-state index in [9.17, 15) is 13.2 Å². The molecule has 0 amide bonds. The van der Waals surface area contributed by atoms with Crippen molar-refractivity contribution in [1.29, 1.82) is 0 Å². The van der Waals surface area contributed by atoms with Crippen LogP contribution in [0.5, 0.6) is 0 Å². The molecule has 0 fully saturated rings. The standard InChI is InChI=1S/C13H9Cl2NO3S/c14-10-5-11(15)7-13(6-10)20(18,19)16-12-3-1-9(8-17)2-4-12/h1-8,16H. The summed E-state index contributed by atoms with van der Waals surface area (Å²) in [5, 5.41) is 0.461. The number of aldehydes is 1. The van der Waals surface area contributed by atoms with Crippen molar-refractivity contribution in [2.75, 3.05) is 4.72 Å². The van der Waals surface area contributed by atoms with Crippen LogP contribution in [-0.4, -0.2) is 14.7 Å². The van der Waals surface area contributed by atoms with Gasteiger partial charge in [-0.2, -0.15) is 0 Å². The molecule has 2 aromatic rings. The Kier molecular flexibility index (Phi) is 4.32. The van der Waals surface area contributed by atoms with Crippen LogP contribution >= 0.6 is 23.2 Å². The Morgan fingerprint density at radius 3 is 2.00 bits per heavy atom. The highest BCUT2D eigenvalue weighted by atomic mass is 35.5. The Labute approximate surface area is 126 Å². The first kappa shape index (κ1) is 14.8. The van der Waals surface area contributed by atoms with E-state index in [0.717, 1.165) is 0 Å². The number of rotatable bonds is 4. The lowest BCUT2D eigenvalue weighted by atomic mass is 10.2. The molecule has 2 rings (SSSR count). The second kappa shape index (κ2) is 5.83. The van der Waals surface area contributed by atoms with Crippen LogP contribution in [0.4, 0.5) is 5.69 Å². The third-order valence-electron chi connectivity index (χ3n) is 2.45. The topological polar surface area (TPSA) is 63.2 Å². The van der Waals surface area contributed by atoms with Gasteiger partial charge in [-0.15, -0.1) is 0 Å². The van der Waals surface area contributed by atoms with Gasteiger partial charge in [0, 0.05) is 21.3 Å². The minimum atomic E-state index is -3.79. The smallest absolute Gasteiger partial charge is 0.261 e. The molecule has 104 valence electrons. The van der Waals surface area contributed by atoms with Crippen LogP contribution in [0.25, 0.3) is 0 Å². The number of carbonyl (C=O) groups excluding carboxylic acids is 1. The van der Waals surface area contributed by atoms with Crippen LogP contribution in [-0.2, 0) is 10.0 Å². The Hall–Kier alpha value is -1.56. The number of anilines is 1. The molecular formula is C13H9Cl2NO3S. The first-order chi connectivity index (χ1) is 9.40. The van der Waals surface area contributed by atoms with E-state index in [1.54, 1.807) is 0 Å². The molecule has 0 saturated carbocycles. The molecule has 0 spiro atoms. The van der Waals surface area contributed by atoms with Crippen molar-refractivity contribution < 1.29 is 13.2 Å². The quantitative estimate of drug-likeness (QED) is 0.871. The number of carbonyl (C=O) groups is 1. The minimum Gasteiger partial charge on any atom is -0.298 e. The van der Waals surface area contributed by atoms with Gasteiger partial charge < -0.3 is 0 Å². The van der Waals surface area contributed by atoms with Crippen molar-refractivity contribution in [3.8, 4) is 0 Å². The maximum atomic E-state index is 12.2. The fourth-order valence-corrected chi connectivity index (χ4v) is 3.31. The average Bonchev–Trinajstić information content (AvgIpc) is 2.38. The van der Waals surface area contributed by atoms with Gasteiger partial charge in [-0.3, -0.25) is 9.52 Å². The molecule has 7 heteroatoms. The SMILES string of the molecule is O=Cc1ccc(NS(=O)(=O)c2cc(Cl)cc(Cl)c2)cc1. The number of benzene rings is 2. The van der Waals surface area contributed by atoms with E-state index < -0.39 is 10.0 Å². The van der Waals surface area contributed by atoms with E-state index >= 15 is 0 Å². The monoisotopic (exact) mass is 329 g/mol. The summed E-state index contributed by atoms with van der Waals surface area (Å²) in [7, 11) is -3.79. The van der Waals surface area contributed by atoms with Crippen molar-refractivity contribution in [3.63, 3.8) is 0 Å². The van der Waals surface area contributed by atoms with Crippen LogP contribution in [0.15, 0.2) is 47.4 Å². The highest BCUT2D eigenvalue weighted by Crippen LogP contribution is 2.24. The molecule has 0 aromatic heterocycles. The van der Waals surface area contributed by atoms with E-state index in [4.69, 9.17) is 23.2 Å². The first-order valence-electron chi connectivity index (χ1n) is 5.45. The van der Waals surface area contributed by atoms with E-state index in [1.807, 2.05) is 0 Å². The summed E-state index contributed by atoms with van der Waals surface area (Å²) in [6, 6.07) is 10.1. The van der Waals surface area contributed by atoms with Gasteiger partial charge in [0.05, 0.1) is 4.90 Å². The lowest BCUT2D eigenvalue weighted by Crippen LogP contribution is -2.13. The number of hydrogen-bond acceptors (Lipinski definition) is 3. The van der Waals surface area contributed by atoms with Gasteiger partial charge in [0.2, 0.25) is 0 Å². The molecule has 1 N–H and O–H groups in total. The van der Waals surface area contributed by atoms with Crippen molar-refractivity contribution in [2.45, 2.75) is 4.90 Å². The van der Waals surface area contributed by atoms with E-state index in [2.05, 4.69) is 4.72 Å². The summed E-state index contributed by atoms with van der Waals surface area (Å²) < 4.78 is 26.7. The third-order valence-corrected chi connectivity index (χ3v) is 4.24. The highest BCUT2D eigenvalue weighted by molar-refractivity contribution is 7.92. The summed E-state index contributed by atoms with van der Waals surface area (Å²) >= 11 is 11.6. The van der Waals surface area contributed by atoms with E-state index in [-0.39, 0.29) is 14.9 Å². The van der Waals surface area contributed by atoms with Crippen molar-refractivity contribution in [2.24, 2.45) is 0 Å². The zero-order valence-corrected chi connectivity index (χ0v) is 12.3. The molecule has 4 nitrogen and oxygen atoms in total. The molecule has 0 aliphatic heterocycles. The van der Waals surface area contributed by atoms with Crippen LogP contribution in [0.3, 0.4) is 0 Å². The lowest BCUT2D eigenvalue weighted by molar-refractivity contribution is 0.112. The molecule has 0 heterocycles. The molecule has 0 aliphatic carbocycles. The minimum absolute atomic E-state index is 0.0329. The number of halogens is 2. The average molecular weight is 330 g/mol. The van der Waals surface area contributed by atoms with Gasteiger partial charge in [-0.05, 0) is 42.5 Å². The Morgan fingerprint density at radius 1 is 0.950 bits per heavy atom. The normalized spacial score (nSPS) is 11.1. The van der Waals surface area contributed by atoms with Gasteiger partial charge in [-0.1, -0.05) is 23.2 Å². The Morgan fingerprint density at radius 2 is 1.50 bits per heavy atom. The van der Waals surface area contributed by atoms with Crippen LogP contribution < -0.4 is 4.72 Å². The van der Waals surface area contributed by atoms with Crippen molar-refractivity contribution in [3.05, 3.63) is 58.1 Å². The molecule has 0 radical (unpaired) electrons.